The second kappa shape index (κ2) is 16.4. The Balaban J connectivity index is 0.692. The fourth-order valence-corrected chi connectivity index (χ4v) is 10.0. The van der Waals surface area contributed by atoms with Crippen molar-refractivity contribution in [2.75, 3.05) is 38.5 Å². The molecular weight excluding hydrogens is 789 g/mol. The number of nitrogens with two attached hydrogens (primary N) is 1. The first kappa shape index (κ1) is 40.1. The summed E-state index contributed by atoms with van der Waals surface area (Å²) >= 11 is 0. The average molecular weight is 843 g/mol. The molecule has 3 N–H and O–H groups in total. The van der Waals surface area contributed by atoms with E-state index in [4.69, 9.17) is 20.3 Å². The summed E-state index contributed by atoms with van der Waals surface area (Å²) in [6, 6.07) is 5.89. The number of nitrogen functional groups attached to an aromatic ring is 1. The number of unbranched alkanes of at least 4 members (excludes halogenated alkanes) is 1. The van der Waals surface area contributed by atoms with Crippen molar-refractivity contribution in [1.82, 2.24) is 54.5 Å². The number of piperidine rings is 3. The highest BCUT2D eigenvalue weighted by atomic mass is 16.5. The molecule has 1 unspecified atom stereocenters. The lowest BCUT2D eigenvalue weighted by Crippen LogP contribution is -2.52. The van der Waals surface area contributed by atoms with Gasteiger partial charge in [-0.2, -0.15) is 5.10 Å². The molecule has 0 radical (unpaired) electrons. The summed E-state index contributed by atoms with van der Waals surface area (Å²) in [6.07, 6.45) is 14.3. The number of imide groups is 1. The summed E-state index contributed by atoms with van der Waals surface area (Å²) < 4.78 is 10.0. The van der Waals surface area contributed by atoms with Crippen LogP contribution >= 0.6 is 0 Å². The van der Waals surface area contributed by atoms with Crippen LogP contribution in [0.1, 0.15) is 136 Å². The summed E-state index contributed by atoms with van der Waals surface area (Å²) in [6.45, 7) is 8.88. The van der Waals surface area contributed by atoms with Gasteiger partial charge in [0.15, 0.2) is 5.65 Å². The van der Waals surface area contributed by atoms with E-state index in [-0.39, 0.29) is 42.1 Å². The van der Waals surface area contributed by atoms with Gasteiger partial charge in [-0.05, 0) is 114 Å². The smallest absolute Gasteiger partial charge is 0.255 e. The van der Waals surface area contributed by atoms with Gasteiger partial charge in [-0.15, -0.1) is 0 Å². The molecule has 0 bridgehead atoms. The predicted molar refractivity (Wildman–Crippen MR) is 228 cm³/mol. The fraction of sp³-hybridized carbons (Fsp3) is 0.533. The molecule has 324 valence electrons. The van der Waals surface area contributed by atoms with Gasteiger partial charge >= 0.3 is 0 Å². The minimum absolute atomic E-state index is 0.0506. The Kier molecular flexibility index (Phi) is 10.6. The summed E-state index contributed by atoms with van der Waals surface area (Å²) in [7, 11) is 0. The van der Waals surface area contributed by atoms with Crippen LogP contribution in [-0.2, 0) is 20.9 Å². The summed E-state index contributed by atoms with van der Waals surface area (Å²) in [5.41, 5.74) is 12.7. The Hall–Kier alpha value is -5.97. The van der Waals surface area contributed by atoms with Crippen molar-refractivity contribution in [3.8, 4) is 22.6 Å². The van der Waals surface area contributed by atoms with Crippen LogP contribution < -0.4 is 11.1 Å². The molecule has 3 saturated heterocycles. The molecule has 1 atom stereocenters. The minimum Gasteiger partial charge on any atom is -0.383 e. The molecule has 17 heteroatoms. The number of aromatic nitrogens is 7. The Bertz CT molecular complexity index is 2540. The topological polar surface area (TPSA) is 204 Å². The molecular formula is C45H54N12O5. The quantitative estimate of drug-likeness (QED) is 0.120. The molecule has 4 fully saturated rings. The lowest BCUT2D eigenvalue weighted by Gasteiger charge is -2.33. The van der Waals surface area contributed by atoms with Crippen LogP contribution in [-0.4, -0.2) is 112 Å². The average Bonchev–Trinajstić information content (AvgIpc) is 3.56. The van der Waals surface area contributed by atoms with Gasteiger partial charge in [0, 0.05) is 62.2 Å². The number of nitrogens with zero attached hydrogens (tertiary/aromatic N) is 10. The van der Waals surface area contributed by atoms with E-state index in [1.807, 2.05) is 41.9 Å². The Morgan fingerprint density at radius 2 is 1.74 bits per heavy atom. The molecule has 10 rings (SSSR count). The maximum absolute atomic E-state index is 13.4. The highest BCUT2D eigenvalue weighted by Gasteiger charge is 2.40. The van der Waals surface area contributed by atoms with E-state index in [1.165, 1.54) is 11.9 Å². The zero-order valence-electron chi connectivity index (χ0n) is 35.5. The number of carbonyl (C=O) groups is 4. The SMILES string of the molecule is CC(C)n1nc(-c2noc(C3CC3)c2-c2cn(C3CCN(C(=O)CCCCN4CCC(c5ccc6c(c5)C(=O)N(C5CCC(=O)NC5=O)C6)CC4)CC3)cn2)c2c(N)ncnc21. The number of fused-ring (bicyclic) bond motifs is 2. The van der Waals surface area contributed by atoms with Gasteiger partial charge < -0.3 is 29.5 Å². The first-order valence-electron chi connectivity index (χ1n) is 22.4. The first-order valence-corrected chi connectivity index (χ1v) is 22.4. The van der Waals surface area contributed by atoms with Crippen molar-refractivity contribution < 1.29 is 23.7 Å². The van der Waals surface area contributed by atoms with E-state index >= 15 is 0 Å². The van der Waals surface area contributed by atoms with Gasteiger partial charge in [-0.25, -0.2) is 19.6 Å². The second-order valence-electron chi connectivity index (χ2n) is 18.1. The van der Waals surface area contributed by atoms with Crippen LogP contribution in [0, 0.1) is 0 Å². The Labute approximate surface area is 359 Å². The molecule has 62 heavy (non-hydrogen) atoms. The number of carbonyl (C=O) groups excluding carboxylic acids is 4. The lowest BCUT2D eigenvalue weighted by atomic mass is 9.88. The molecule has 5 aliphatic rings. The third-order valence-electron chi connectivity index (χ3n) is 13.7. The third-order valence-corrected chi connectivity index (χ3v) is 13.7. The number of likely N-dealkylation sites (tertiary alicyclic amines) is 2. The standard InChI is InChI=1S/C45H54N12O5/c1-26(2)57-43-38(42(46)47-24-48-43)39(51-57)40-37(41(62-52-40)28-6-7-28)33-23-55(25-49-33)31-14-19-54(20-15-31)36(59)5-3-4-16-53-17-12-27(13-18-53)29-8-9-30-22-56(45(61)32(30)21-29)34-10-11-35(58)50-44(34)60/h8-9,21,23-28,31,34H,3-7,10-20,22H2,1-2H3,(H2,46,47,48)(H,50,58,60). The van der Waals surface area contributed by atoms with Crippen molar-refractivity contribution in [2.45, 2.75) is 121 Å². The number of imidazole rings is 1. The number of rotatable bonds is 12. The summed E-state index contributed by atoms with van der Waals surface area (Å²) in [5.74, 6) is 1.30. The van der Waals surface area contributed by atoms with E-state index in [2.05, 4.69) is 42.2 Å². The lowest BCUT2D eigenvalue weighted by molar-refractivity contribution is -0.137. The van der Waals surface area contributed by atoms with Gasteiger partial charge in [-0.3, -0.25) is 24.5 Å². The molecule has 1 aliphatic carbocycles. The number of hydrogen-bond acceptors (Lipinski definition) is 12. The van der Waals surface area contributed by atoms with Crippen molar-refractivity contribution in [1.29, 1.82) is 0 Å². The van der Waals surface area contributed by atoms with Crippen molar-refractivity contribution in [3.05, 3.63) is 59.5 Å². The number of hydrogen-bond donors (Lipinski definition) is 2. The molecule has 4 aromatic heterocycles. The largest absolute Gasteiger partial charge is 0.383 e. The van der Waals surface area contributed by atoms with Crippen LogP contribution in [0.2, 0.25) is 0 Å². The fourth-order valence-electron chi connectivity index (χ4n) is 10.0. The molecule has 1 saturated carbocycles. The van der Waals surface area contributed by atoms with E-state index < -0.39 is 6.04 Å². The molecule has 17 nitrogen and oxygen atoms in total. The van der Waals surface area contributed by atoms with Crippen LogP contribution in [0.5, 0.6) is 0 Å². The molecule has 4 amide bonds. The van der Waals surface area contributed by atoms with Gasteiger partial charge in [0.1, 0.15) is 35.3 Å². The van der Waals surface area contributed by atoms with Crippen LogP contribution in [0.15, 0.2) is 41.6 Å². The van der Waals surface area contributed by atoms with Crippen LogP contribution in [0.25, 0.3) is 33.7 Å². The number of benzene rings is 1. The van der Waals surface area contributed by atoms with Crippen molar-refractivity contribution >= 4 is 40.5 Å². The van der Waals surface area contributed by atoms with Crippen molar-refractivity contribution in [3.63, 3.8) is 0 Å². The van der Waals surface area contributed by atoms with Gasteiger partial charge in [0.05, 0.1) is 23.0 Å². The van der Waals surface area contributed by atoms with Gasteiger partial charge in [0.25, 0.3) is 5.91 Å². The highest BCUT2D eigenvalue weighted by Crippen LogP contribution is 2.48. The predicted octanol–water partition coefficient (Wildman–Crippen LogP) is 5.36. The van der Waals surface area contributed by atoms with Crippen LogP contribution in [0.3, 0.4) is 0 Å². The molecule has 5 aromatic rings. The third kappa shape index (κ3) is 7.53. The zero-order valence-corrected chi connectivity index (χ0v) is 35.5. The summed E-state index contributed by atoms with van der Waals surface area (Å²) in [4.78, 5) is 70.6. The first-order chi connectivity index (χ1) is 30.1. The maximum atomic E-state index is 13.4. The maximum Gasteiger partial charge on any atom is 0.255 e. The molecule has 4 aliphatic heterocycles. The van der Waals surface area contributed by atoms with Gasteiger partial charge in [0.2, 0.25) is 17.7 Å². The van der Waals surface area contributed by atoms with E-state index in [9.17, 15) is 19.2 Å². The second-order valence-corrected chi connectivity index (χ2v) is 18.1. The van der Waals surface area contributed by atoms with Crippen molar-refractivity contribution in [2.24, 2.45) is 0 Å². The highest BCUT2D eigenvalue weighted by molar-refractivity contribution is 6.05. The number of anilines is 1. The number of amides is 4. The molecule has 0 spiro atoms. The normalized spacial score (nSPS) is 20.5. The van der Waals surface area contributed by atoms with E-state index in [1.54, 1.807) is 4.90 Å². The Morgan fingerprint density at radius 3 is 2.50 bits per heavy atom. The monoisotopic (exact) mass is 842 g/mol. The van der Waals surface area contributed by atoms with E-state index in [0.29, 0.717) is 65.0 Å². The number of nitrogens with one attached hydrogen (secondary N) is 1. The summed E-state index contributed by atoms with van der Waals surface area (Å²) in [5, 5.41) is 12.5. The van der Waals surface area contributed by atoms with Gasteiger partial charge in [-0.1, -0.05) is 17.3 Å². The minimum atomic E-state index is -0.597. The zero-order chi connectivity index (χ0) is 42.6. The van der Waals surface area contributed by atoms with Crippen LogP contribution in [0.4, 0.5) is 5.82 Å². The Morgan fingerprint density at radius 1 is 0.935 bits per heavy atom. The van der Waals surface area contributed by atoms with E-state index in [0.717, 1.165) is 107 Å². The molecule has 8 heterocycles. The molecule has 1 aromatic carbocycles.